The van der Waals surface area contributed by atoms with Crippen LogP contribution in [-0.4, -0.2) is 16.9 Å². The molecule has 1 aliphatic heterocycles. The number of hydrogen-bond donors (Lipinski definition) is 1. The molecule has 2 aromatic rings. The lowest BCUT2D eigenvalue weighted by molar-refractivity contribution is -0.119. The Kier molecular flexibility index (Phi) is 3.53. The van der Waals surface area contributed by atoms with E-state index in [0.717, 1.165) is 11.4 Å². The largest absolute Gasteiger partial charge is 0.352 e. The van der Waals surface area contributed by atoms with Gasteiger partial charge in [-0.15, -0.1) is 11.3 Å². The van der Waals surface area contributed by atoms with E-state index in [1.165, 1.54) is 16.9 Å². The van der Waals surface area contributed by atoms with E-state index in [-0.39, 0.29) is 17.9 Å². The van der Waals surface area contributed by atoms with Crippen molar-refractivity contribution >= 4 is 28.8 Å². The van der Waals surface area contributed by atoms with Crippen molar-refractivity contribution in [3.05, 3.63) is 51.4 Å². The smallest absolute Gasteiger partial charge is 0.221 e. The van der Waals surface area contributed by atoms with Gasteiger partial charge < -0.3 is 5.32 Å². The molecule has 2 unspecified atom stereocenters. The lowest BCUT2D eigenvalue weighted by Gasteiger charge is -2.16. The molecule has 3 rings (SSSR count). The molecule has 1 amide bonds. The van der Waals surface area contributed by atoms with Crippen LogP contribution in [0.4, 0.5) is 0 Å². The molecule has 0 bridgehead atoms. The van der Waals surface area contributed by atoms with Gasteiger partial charge in [0.25, 0.3) is 0 Å². The summed E-state index contributed by atoms with van der Waals surface area (Å²) < 4.78 is 0.674. The minimum absolute atomic E-state index is 0.0947. The summed E-state index contributed by atoms with van der Waals surface area (Å²) in [4.78, 5) is 16.0. The molecule has 2 heterocycles. The summed E-state index contributed by atoms with van der Waals surface area (Å²) in [5.74, 6) is 0.224. The van der Waals surface area contributed by atoms with Crippen molar-refractivity contribution in [2.75, 3.05) is 0 Å². The molecular formula is C14H13ClN2OS. The summed E-state index contributed by atoms with van der Waals surface area (Å²) >= 11 is 7.40. The van der Waals surface area contributed by atoms with E-state index < -0.39 is 0 Å². The predicted octanol–water partition coefficient (Wildman–Crippen LogP) is 3.01. The summed E-state index contributed by atoms with van der Waals surface area (Å²) in [6.07, 6.45) is 2.99. The average Bonchev–Trinajstić information content (AvgIpc) is 2.97. The van der Waals surface area contributed by atoms with Crippen molar-refractivity contribution in [1.82, 2.24) is 10.3 Å². The minimum atomic E-state index is 0.0947. The molecule has 1 N–H and O–H groups in total. The summed E-state index contributed by atoms with van der Waals surface area (Å²) in [7, 11) is 0. The van der Waals surface area contributed by atoms with Gasteiger partial charge in [-0.05, 0) is 12.0 Å². The Hall–Kier alpha value is -1.39. The fourth-order valence-corrected chi connectivity index (χ4v) is 3.56. The van der Waals surface area contributed by atoms with E-state index in [4.69, 9.17) is 11.6 Å². The Morgan fingerprint density at radius 3 is 2.84 bits per heavy atom. The first-order valence-electron chi connectivity index (χ1n) is 6.17. The monoisotopic (exact) mass is 292 g/mol. The van der Waals surface area contributed by atoms with Crippen molar-refractivity contribution < 1.29 is 4.79 Å². The molecule has 19 heavy (non-hydrogen) atoms. The number of benzene rings is 1. The van der Waals surface area contributed by atoms with Crippen molar-refractivity contribution in [3.63, 3.8) is 0 Å². The summed E-state index contributed by atoms with van der Waals surface area (Å²) in [6, 6.07) is 10.3. The normalized spacial score (nSPS) is 22.5. The Labute approximate surface area is 120 Å². The molecule has 1 aromatic heterocycles. The second-order valence-electron chi connectivity index (χ2n) is 4.68. The zero-order valence-corrected chi connectivity index (χ0v) is 11.7. The first-order chi connectivity index (χ1) is 9.22. The standard InChI is InChI=1S/C14H13ClN2OS/c15-12-8-16-14(19-12)10-7-13(18)17-11(10)6-9-4-2-1-3-5-9/h1-5,8,10-11H,6-7H2,(H,17,18). The number of halogens is 1. The van der Waals surface area contributed by atoms with Gasteiger partial charge in [-0.1, -0.05) is 41.9 Å². The van der Waals surface area contributed by atoms with Crippen LogP contribution in [0.25, 0.3) is 0 Å². The average molecular weight is 293 g/mol. The Morgan fingerprint density at radius 2 is 2.16 bits per heavy atom. The first kappa shape index (κ1) is 12.6. The zero-order chi connectivity index (χ0) is 13.2. The van der Waals surface area contributed by atoms with E-state index in [2.05, 4.69) is 22.4 Å². The molecule has 3 nitrogen and oxygen atoms in total. The maximum absolute atomic E-state index is 11.7. The highest BCUT2D eigenvalue weighted by Crippen LogP contribution is 2.34. The van der Waals surface area contributed by atoms with Gasteiger partial charge in [0.15, 0.2) is 0 Å². The fraction of sp³-hybridized carbons (Fsp3) is 0.286. The van der Waals surface area contributed by atoms with Gasteiger partial charge in [-0.3, -0.25) is 4.79 Å². The maximum atomic E-state index is 11.7. The molecule has 1 saturated heterocycles. The third kappa shape index (κ3) is 2.80. The molecule has 0 spiro atoms. The van der Waals surface area contributed by atoms with Crippen molar-refractivity contribution in [2.45, 2.75) is 24.8 Å². The molecular weight excluding hydrogens is 280 g/mol. The lowest BCUT2D eigenvalue weighted by atomic mass is 9.95. The number of carbonyl (C=O) groups excluding carboxylic acids is 1. The van der Waals surface area contributed by atoms with Crippen LogP contribution >= 0.6 is 22.9 Å². The van der Waals surface area contributed by atoms with Crippen LogP contribution in [0, 0.1) is 0 Å². The van der Waals surface area contributed by atoms with Gasteiger partial charge in [0, 0.05) is 18.4 Å². The fourth-order valence-electron chi connectivity index (χ4n) is 2.47. The van der Waals surface area contributed by atoms with Gasteiger partial charge in [-0.2, -0.15) is 0 Å². The Morgan fingerprint density at radius 1 is 1.37 bits per heavy atom. The van der Waals surface area contributed by atoms with E-state index in [0.29, 0.717) is 10.8 Å². The highest BCUT2D eigenvalue weighted by atomic mass is 35.5. The second-order valence-corrected chi connectivity index (χ2v) is 6.37. The predicted molar refractivity (Wildman–Crippen MR) is 76.6 cm³/mol. The number of nitrogens with one attached hydrogen (secondary N) is 1. The van der Waals surface area contributed by atoms with Crippen LogP contribution in [0.2, 0.25) is 4.34 Å². The summed E-state index contributed by atoms with van der Waals surface area (Å²) in [6.45, 7) is 0. The van der Waals surface area contributed by atoms with Crippen LogP contribution in [0.1, 0.15) is 22.9 Å². The third-order valence-electron chi connectivity index (χ3n) is 3.35. The topological polar surface area (TPSA) is 42.0 Å². The van der Waals surface area contributed by atoms with E-state index in [1.807, 2.05) is 18.2 Å². The molecule has 1 aliphatic rings. The Bertz CT molecular complexity index is 584. The highest BCUT2D eigenvalue weighted by Gasteiger charge is 2.35. The molecule has 0 aliphatic carbocycles. The van der Waals surface area contributed by atoms with Crippen LogP contribution < -0.4 is 5.32 Å². The van der Waals surface area contributed by atoms with Gasteiger partial charge >= 0.3 is 0 Å². The van der Waals surface area contributed by atoms with Gasteiger partial charge in [-0.25, -0.2) is 4.98 Å². The van der Waals surface area contributed by atoms with Crippen molar-refractivity contribution in [3.8, 4) is 0 Å². The first-order valence-corrected chi connectivity index (χ1v) is 7.36. The van der Waals surface area contributed by atoms with E-state index >= 15 is 0 Å². The number of carbonyl (C=O) groups is 1. The van der Waals surface area contributed by atoms with E-state index in [9.17, 15) is 4.79 Å². The third-order valence-corrected chi connectivity index (χ3v) is 4.60. The second kappa shape index (κ2) is 5.31. The molecule has 2 atom stereocenters. The van der Waals surface area contributed by atoms with E-state index in [1.54, 1.807) is 6.20 Å². The number of nitrogens with zero attached hydrogens (tertiary/aromatic N) is 1. The van der Waals surface area contributed by atoms with Crippen molar-refractivity contribution in [2.24, 2.45) is 0 Å². The maximum Gasteiger partial charge on any atom is 0.221 e. The molecule has 0 radical (unpaired) electrons. The van der Waals surface area contributed by atoms with Crippen LogP contribution in [0.3, 0.4) is 0 Å². The van der Waals surface area contributed by atoms with Gasteiger partial charge in [0.1, 0.15) is 4.34 Å². The van der Waals surface area contributed by atoms with Gasteiger partial charge in [0.2, 0.25) is 5.91 Å². The molecule has 0 saturated carbocycles. The van der Waals surface area contributed by atoms with Crippen LogP contribution in [0.15, 0.2) is 36.5 Å². The number of aromatic nitrogens is 1. The van der Waals surface area contributed by atoms with Crippen molar-refractivity contribution in [1.29, 1.82) is 0 Å². The number of amides is 1. The number of rotatable bonds is 3. The Balaban J connectivity index is 1.81. The zero-order valence-electron chi connectivity index (χ0n) is 10.2. The molecule has 1 aromatic carbocycles. The summed E-state index contributed by atoms with van der Waals surface area (Å²) in [5.41, 5.74) is 1.22. The molecule has 98 valence electrons. The minimum Gasteiger partial charge on any atom is -0.352 e. The van der Waals surface area contributed by atoms with Crippen LogP contribution in [0.5, 0.6) is 0 Å². The number of hydrogen-bond acceptors (Lipinski definition) is 3. The highest BCUT2D eigenvalue weighted by molar-refractivity contribution is 7.15. The quantitative estimate of drug-likeness (QED) is 0.945. The number of thiazole rings is 1. The lowest BCUT2D eigenvalue weighted by Crippen LogP contribution is -2.30. The molecule has 1 fully saturated rings. The van der Waals surface area contributed by atoms with Crippen LogP contribution in [-0.2, 0) is 11.2 Å². The SMILES string of the molecule is O=C1CC(c2ncc(Cl)s2)C(Cc2ccccc2)N1. The molecule has 5 heteroatoms. The summed E-state index contributed by atoms with van der Waals surface area (Å²) in [5, 5.41) is 3.99. The van der Waals surface area contributed by atoms with Gasteiger partial charge in [0.05, 0.1) is 11.2 Å².